The first-order valence-corrected chi connectivity index (χ1v) is 9.44. The summed E-state index contributed by atoms with van der Waals surface area (Å²) in [5, 5.41) is 7.37. The average Bonchev–Trinajstić information content (AvgIpc) is 3.14. The lowest BCUT2D eigenvalue weighted by Gasteiger charge is -2.11. The molecule has 1 N–H and O–H groups in total. The standard InChI is InChI=1S/C22H19FN4O3/c1-3-29-21-15(5-4-10-24-21)12-25-20(28)17-11-18(14-6-8-16(23)9-7-14)26-22-19(17)13(2)27-30-22/h4-11H,3,12H2,1-2H3,(H,25,28). The molecule has 0 aliphatic heterocycles. The molecular weight excluding hydrogens is 387 g/mol. The van der Waals surface area contributed by atoms with Crippen LogP contribution in [0.15, 0.2) is 53.2 Å². The summed E-state index contributed by atoms with van der Waals surface area (Å²) in [6.45, 7) is 4.33. The molecule has 3 heterocycles. The minimum atomic E-state index is -0.352. The molecule has 1 aromatic carbocycles. The van der Waals surface area contributed by atoms with Crippen LogP contribution < -0.4 is 10.1 Å². The van der Waals surface area contributed by atoms with Gasteiger partial charge in [0.25, 0.3) is 11.6 Å². The molecule has 3 aromatic heterocycles. The van der Waals surface area contributed by atoms with E-state index in [9.17, 15) is 9.18 Å². The van der Waals surface area contributed by atoms with Gasteiger partial charge >= 0.3 is 0 Å². The number of hydrogen-bond acceptors (Lipinski definition) is 6. The monoisotopic (exact) mass is 406 g/mol. The maximum atomic E-state index is 13.3. The third-order valence-corrected chi connectivity index (χ3v) is 4.57. The van der Waals surface area contributed by atoms with Gasteiger partial charge in [-0.1, -0.05) is 11.2 Å². The van der Waals surface area contributed by atoms with Gasteiger partial charge in [-0.15, -0.1) is 0 Å². The van der Waals surface area contributed by atoms with E-state index in [0.29, 0.717) is 40.4 Å². The Kier molecular flexibility index (Phi) is 5.38. The van der Waals surface area contributed by atoms with Gasteiger partial charge in [0.15, 0.2) is 0 Å². The van der Waals surface area contributed by atoms with Crippen LogP contribution in [0.3, 0.4) is 0 Å². The summed E-state index contributed by atoms with van der Waals surface area (Å²) >= 11 is 0. The van der Waals surface area contributed by atoms with Crippen LogP contribution in [-0.4, -0.2) is 27.6 Å². The highest BCUT2D eigenvalue weighted by Crippen LogP contribution is 2.27. The average molecular weight is 406 g/mol. The number of amides is 1. The molecule has 30 heavy (non-hydrogen) atoms. The van der Waals surface area contributed by atoms with Gasteiger partial charge in [0, 0.05) is 23.9 Å². The zero-order valence-electron chi connectivity index (χ0n) is 16.5. The zero-order valence-corrected chi connectivity index (χ0v) is 16.5. The Morgan fingerprint density at radius 1 is 1.23 bits per heavy atom. The molecule has 0 spiro atoms. The summed E-state index contributed by atoms with van der Waals surface area (Å²) in [6, 6.07) is 11.1. The predicted molar refractivity (Wildman–Crippen MR) is 109 cm³/mol. The summed E-state index contributed by atoms with van der Waals surface area (Å²) in [6.07, 6.45) is 1.64. The normalized spacial score (nSPS) is 10.9. The topological polar surface area (TPSA) is 90.1 Å². The number of hydrogen-bond donors (Lipinski definition) is 1. The summed E-state index contributed by atoms with van der Waals surface area (Å²) in [5.74, 6) is -0.188. The minimum Gasteiger partial charge on any atom is -0.478 e. The fourth-order valence-corrected chi connectivity index (χ4v) is 3.14. The Morgan fingerprint density at radius 2 is 2.03 bits per heavy atom. The van der Waals surface area contributed by atoms with Gasteiger partial charge in [0.05, 0.1) is 28.9 Å². The molecule has 0 fully saturated rings. The first-order chi connectivity index (χ1) is 14.6. The Balaban J connectivity index is 1.68. The van der Waals surface area contributed by atoms with Crippen molar-refractivity contribution < 1.29 is 18.4 Å². The van der Waals surface area contributed by atoms with Gasteiger partial charge in [-0.2, -0.15) is 0 Å². The van der Waals surface area contributed by atoms with Gasteiger partial charge in [0.2, 0.25) is 5.88 Å². The number of nitrogens with zero attached hydrogens (tertiary/aromatic N) is 3. The summed E-state index contributed by atoms with van der Waals surface area (Å²) in [4.78, 5) is 21.7. The van der Waals surface area contributed by atoms with Crippen molar-refractivity contribution in [1.82, 2.24) is 20.4 Å². The van der Waals surface area contributed by atoms with E-state index in [2.05, 4.69) is 20.4 Å². The molecule has 0 aliphatic rings. The lowest BCUT2D eigenvalue weighted by molar-refractivity contribution is 0.0952. The number of rotatable bonds is 6. The van der Waals surface area contributed by atoms with Crippen LogP contribution >= 0.6 is 0 Å². The summed E-state index contributed by atoms with van der Waals surface area (Å²) in [7, 11) is 0. The summed E-state index contributed by atoms with van der Waals surface area (Å²) in [5.41, 5.74) is 3.09. The lowest BCUT2D eigenvalue weighted by atomic mass is 10.0. The Hall–Kier alpha value is -3.81. The van der Waals surface area contributed by atoms with Gasteiger partial charge in [-0.25, -0.2) is 14.4 Å². The SMILES string of the molecule is CCOc1ncccc1CNC(=O)c1cc(-c2ccc(F)cc2)nc2onc(C)c12. The minimum absolute atomic E-state index is 0.238. The van der Waals surface area contributed by atoms with Crippen LogP contribution in [0, 0.1) is 12.7 Å². The predicted octanol–water partition coefficient (Wildman–Crippen LogP) is 4.06. The van der Waals surface area contributed by atoms with Crippen LogP contribution in [0.2, 0.25) is 0 Å². The second kappa shape index (κ2) is 8.28. The molecule has 0 saturated heterocycles. The van der Waals surface area contributed by atoms with E-state index in [4.69, 9.17) is 9.26 Å². The van der Waals surface area contributed by atoms with Crippen molar-refractivity contribution in [3.63, 3.8) is 0 Å². The molecule has 0 unspecified atom stereocenters. The van der Waals surface area contributed by atoms with Crippen molar-refractivity contribution in [2.24, 2.45) is 0 Å². The second-order valence-electron chi connectivity index (χ2n) is 6.59. The van der Waals surface area contributed by atoms with Gasteiger partial charge in [-0.05, 0) is 50.2 Å². The number of aromatic nitrogens is 3. The maximum absolute atomic E-state index is 13.3. The highest BCUT2D eigenvalue weighted by atomic mass is 19.1. The molecule has 0 aliphatic carbocycles. The van der Waals surface area contributed by atoms with Gasteiger partial charge in [0.1, 0.15) is 5.82 Å². The van der Waals surface area contributed by atoms with E-state index in [1.807, 2.05) is 13.0 Å². The van der Waals surface area contributed by atoms with Crippen molar-refractivity contribution in [3.05, 3.63) is 71.3 Å². The number of pyridine rings is 2. The van der Waals surface area contributed by atoms with E-state index >= 15 is 0 Å². The molecular formula is C22H19FN4O3. The third-order valence-electron chi connectivity index (χ3n) is 4.57. The molecule has 8 heteroatoms. The van der Waals surface area contributed by atoms with Gasteiger partial charge in [-0.3, -0.25) is 4.79 Å². The molecule has 7 nitrogen and oxygen atoms in total. The quantitative estimate of drug-likeness (QED) is 0.519. The fourth-order valence-electron chi connectivity index (χ4n) is 3.14. The van der Waals surface area contributed by atoms with Crippen LogP contribution in [0.1, 0.15) is 28.5 Å². The van der Waals surface area contributed by atoms with Crippen molar-refractivity contribution in [1.29, 1.82) is 0 Å². The molecule has 0 atom stereocenters. The largest absolute Gasteiger partial charge is 0.478 e. The van der Waals surface area contributed by atoms with Gasteiger partial charge < -0.3 is 14.6 Å². The number of nitrogens with one attached hydrogen (secondary N) is 1. The third kappa shape index (κ3) is 3.84. The number of ether oxygens (including phenoxy) is 1. The molecule has 4 rings (SSSR count). The first-order valence-electron chi connectivity index (χ1n) is 9.44. The van der Waals surface area contributed by atoms with E-state index in [0.717, 1.165) is 5.56 Å². The van der Waals surface area contributed by atoms with Crippen molar-refractivity contribution >= 4 is 17.0 Å². The highest BCUT2D eigenvalue weighted by molar-refractivity contribution is 6.07. The number of aryl methyl sites for hydroxylation is 1. The molecule has 0 bridgehead atoms. The maximum Gasteiger partial charge on any atom is 0.259 e. The number of fused-ring (bicyclic) bond motifs is 1. The molecule has 4 aromatic rings. The first kappa shape index (κ1) is 19.5. The Bertz CT molecular complexity index is 1200. The Labute approximate surface area is 171 Å². The van der Waals surface area contributed by atoms with Crippen molar-refractivity contribution in [2.45, 2.75) is 20.4 Å². The molecule has 1 amide bonds. The molecule has 0 radical (unpaired) electrons. The van der Waals surface area contributed by atoms with Crippen LogP contribution in [0.25, 0.3) is 22.4 Å². The second-order valence-corrected chi connectivity index (χ2v) is 6.59. The van der Waals surface area contributed by atoms with Crippen LogP contribution in [0.4, 0.5) is 4.39 Å². The smallest absolute Gasteiger partial charge is 0.259 e. The van der Waals surface area contributed by atoms with E-state index in [-0.39, 0.29) is 24.0 Å². The number of benzene rings is 1. The molecule has 0 saturated carbocycles. The fraction of sp³-hybridized carbons (Fsp3) is 0.182. The van der Waals surface area contributed by atoms with Crippen LogP contribution in [-0.2, 0) is 6.54 Å². The molecule has 152 valence electrons. The number of halogens is 1. The van der Waals surface area contributed by atoms with Crippen molar-refractivity contribution in [3.8, 4) is 17.1 Å². The van der Waals surface area contributed by atoms with E-state index < -0.39 is 0 Å². The highest BCUT2D eigenvalue weighted by Gasteiger charge is 2.19. The Morgan fingerprint density at radius 3 is 2.80 bits per heavy atom. The number of carbonyl (C=O) groups excluding carboxylic acids is 1. The van der Waals surface area contributed by atoms with E-state index in [1.165, 1.54) is 12.1 Å². The van der Waals surface area contributed by atoms with E-state index in [1.54, 1.807) is 37.4 Å². The van der Waals surface area contributed by atoms with Crippen LogP contribution in [0.5, 0.6) is 5.88 Å². The zero-order chi connectivity index (χ0) is 21.1. The lowest BCUT2D eigenvalue weighted by Crippen LogP contribution is -2.24. The van der Waals surface area contributed by atoms with Crippen molar-refractivity contribution in [2.75, 3.05) is 6.61 Å². The summed E-state index contributed by atoms with van der Waals surface area (Å²) < 4.78 is 24.1. The number of carbonyl (C=O) groups is 1.